The number of carbonyl (C=O) groups excluding carboxylic acids is 1. The molecule has 0 radical (unpaired) electrons. The van der Waals surface area contributed by atoms with E-state index in [4.69, 9.17) is 9.47 Å². The van der Waals surface area contributed by atoms with Gasteiger partial charge in [-0.3, -0.25) is 14.9 Å². The number of aliphatic hydroxyl groups is 1. The second-order valence-corrected chi connectivity index (χ2v) is 6.04. The van der Waals surface area contributed by atoms with E-state index < -0.39 is 34.6 Å². The van der Waals surface area contributed by atoms with Gasteiger partial charge >= 0.3 is 5.97 Å². The molecule has 0 spiro atoms. The Morgan fingerprint density at radius 1 is 1.48 bits per heavy atom. The molecule has 1 saturated carbocycles. The normalized spacial score (nSPS) is 31.7. The zero-order valence-electron chi connectivity index (χ0n) is 12.9. The Kier molecular flexibility index (Phi) is 3.75. The van der Waals surface area contributed by atoms with Crippen molar-refractivity contribution in [2.24, 2.45) is 5.41 Å². The molecule has 7 heteroatoms. The van der Waals surface area contributed by atoms with Crippen LogP contribution in [0.3, 0.4) is 0 Å². The average Bonchev–Trinajstić information content (AvgIpc) is 2.84. The van der Waals surface area contributed by atoms with Crippen molar-refractivity contribution < 1.29 is 24.3 Å². The van der Waals surface area contributed by atoms with Crippen LogP contribution < -0.4 is 4.74 Å². The fourth-order valence-electron chi connectivity index (χ4n) is 3.99. The molecule has 23 heavy (non-hydrogen) atoms. The Morgan fingerprint density at radius 2 is 2.22 bits per heavy atom. The topological polar surface area (TPSA) is 98.9 Å². The summed E-state index contributed by atoms with van der Waals surface area (Å²) in [6.45, 7) is 1.35. The molecule has 0 bridgehead atoms. The van der Waals surface area contributed by atoms with Crippen molar-refractivity contribution in [3.05, 3.63) is 39.9 Å². The summed E-state index contributed by atoms with van der Waals surface area (Å²) in [4.78, 5) is 23.5. The first-order valence-corrected chi connectivity index (χ1v) is 7.74. The van der Waals surface area contributed by atoms with Crippen LogP contribution in [-0.4, -0.2) is 34.9 Å². The van der Waals surface area contributed by atoms with Crippen LogP contribution in [0.2, 0.25) is 0 Å². The number of ether oxygens (including phenoxy) is 2. The van der Waals surface area contributed by atoms with E-state index in [1.807, 2.05) is 0 Å². The lowest BCUT2D eigenvalue weighted by molar-refractivity contribution is -0.489. The number of hydrogen-bond acceptors (Lipinski definition) is 6. The summed E-state index contributed by atoms with van der Waals surface area (Å²) in [5, 5.41) is 22.3. The molecule has 1 fully saturated rings. The monoisotopic (exact) mass is 321 g/mol. The van der Waals surface area contributed by atoms with E-state index in [9.17, 15) is 20.0 Å². The van der Waals surface area contributed by atoms with Crippen molar-refractivity contribution in [1.29, 1.82) is 0 Å². The lowest BCUT2D eigenvalue weighted by Gasteiger charge is -2.47. The van der Waals surface area contributed by atoms with Gasteiger partial charge in [0.1, 0.15) is 11.2 Å². The molecule has 7 nitrogen and oxygen atoms in total. The number of carbonyl (C=O) groups is 1. The molecule has 0 saturated heterocycles. The van der Waals surface area contributed by atoms with Crippen LogP contribution >= 0.6 is 0 Å². The van der Waals surface area contributed by atoms with Crippen LogP contribution in [0.25, 0.3) is 0 Å². The second kappa shape index (κ2) is 5.49. The van der Waals surface area contributed by atoms with Crippen LogP contribution in [0.15, 0.2) is 24.3 Å². The third kappa shape index (κ3) is 2.18. The van der Waals surface area contributed by atoms with Gasteiger partial charge in [-0.05, 0) is 25.8 Å². The van der Waals surface area contributed by atoms with Crippen molar-refractivity contribution >= 4 is 5.97 Å². The molecule has 2 aliphatic rings. The molecule has 0 unspecified atom stereocenters. The molecule has 1 aliphatic heterocycles. The maximum absolute atomic E-state index is 12.7. The van der Waals surface area contributed by atoms with Gasteiger partial charge in [-0.2, -0.15) is 0 Å². The first-order valence-electron chi connectivity index (χ1n) is 7.74. The number of benzene rings is 1. The summed E-state index contributed by atoms with van der Waals surface area (Å²) in [6.07, 6.45) is 1.08. The van der Waals surface area contributed by atoms with Crippen molar-refractivity contribution in [3.8, 4) is 5.75 Å². The lowest BCUT2D eigenvalue weighted by Crippen LogP contribution is -2.60. The van der Waals surface area contributed by atoms with Crippen LogP contribution in [0.1, 0.15) is 37.7 Å². The first kappa shape index (κ1) is 15.7. The Labute approximate surface area is 133 Å². The van der Waals surface area contributed by atoms with Gasteiger partial charge < -0.3 is 14.6 Å². The van der Waals surface area contributed by atoms with Crippen molar-refractivity contribution in [3.63, 3.8) is 0 Å². The Balaban J connectivity index is 2.19. The van der Waals surface area contributed by atoms with Gasteiger partial charge in [0.15, 0.2) is 0 Å². The number of nitrogens with zero attached hydrogens (tertiary/aromatic N) is 1. The molecular weight excluding hydrogens is 302 g/mol. The van der Waals surface area contributed by atoms with E-state index in [2.05, 4.69) is 0 Å². The number of esters is 1. The van der Waals surface area contributed by atoms with E-state index >= 15 is 0 Å². The summed E-state index contributed by atoms with van der Waals surface area (Å²) >= 11 is 0. The number of rotatable bonds is 4. The van der Waals surface area contributed by atoms with Gasteiger partial charge in [0, 0.05) is 16.9 Å². The fraction of sp³-hybridized carbons (Fsp3) is 0.562. The van der Waals surface area contributed by atoms with Crippen molar-refractivity contribution in [1.82, 2.24) is 0 Å². The highest BCUT2D eigenvalue weighted by atomic mass is 16.6. The summed E-state index contributed by atoms with van der Waals surface area (Å²) in [5.41, 5.74) is -0.867. The zero-order valence-corrected chi connectivity index (χ0v) is 12.9. The molecule has 1 N–H and O–H groups in total. The molecular formula is C16H19NO6. The summed E-state index contributed by atoms with van der Waals surface area (Å²) < 4.78 is 10.9. The molecule has 1 aliphatic carbocycles. The fourth-order valence-corrected chi connectivity index (χ4v) is 3.99. The summed E-state index contributed by atoms with van der Waals surface area (Å²) in [7, 11) is 0. The highest BCUT2D eigenvalue weighted by Crippen LogP contribution is 2.60. The van der Waals surface area contributed by atoms with E-state index in [1.165, 1.54) is 0 Å². The number of para-hydroxylation sites is 1. The lowest BCUT2D eigenvalue weighted by atomic mass is 9.65. The van der Waals surface area contributed by atoms with Gasteiger partial charge in [-0.1, -0.05) is 18.2 Å². The second-order valence-electron chi connectivity index (χ2n) is 6.04. The van der Waals surface area contributed by atoms with Gasteiger partial charge in [0.05, 0.1) is 12.5 Å². The van der Waals surface area contributed by atoms with E-state index in [0.29, 0.717) is 24.2 Å². The first-order chi connectivity index (χ1) is 10.9. The third-order valence-corrected chi connectivity index (χ3v) is 4.92. The molecule has 1 aromatic carbocycles. The van der Waals surface area contributed by atoms with Crippen LogP contribution in [-0.2, 0) is 9.53 Å². The standard InChI is InChI=1S/C16H19NO6/c1-2-22-14(18)15-8-5-9-16(15,19)23-13-7-4-3-6-11(13)12(15)10-17(20)21/h3-4,6-7,12,19H,2,5,8-10H2,1H3/t12-,15-,16+/m1/s1. The molecule has 3 rings (SSSR count). The molecule has 0 aromatic heterocycles. The third-order valence-electron chi connectivity index (χ3n) is 4.92. The molecule has 124 valence electrons. The maximum Gasteiger partial charge on any atom is 0.319 e. The molecule has 3 atom stereocenters. The van der Waals surface area contributed by atoms with Crippen LogP contribution in [0.5, 0.6) is 5.75 Å². The zero-order chi connectivity index (χ0) is 16.7. The Hall–Kier alpha value is -2.15. The smallest absolute Gasteiger partial charge is 0.319 e. The predicted octanol–water partition coefficient (Wildman–Crippen LogP) is 1.86. The van der Waals surface area contributed by atoms with Gasteiger partial charge in [-0.15, -0.1) is 0 Å². The molecule has 0 amide bonds. The van der Waals surface area contributed by atoms with E-state index in [-0.39, 0.29) is 13.0 Å². The summed E-state index contributed by atoms with van der Waals surface area (Å²) in [5.74, 6) is -2.78. The molecule has 1 heterocycles. The quantitative estimate of drug-likeness (QED) is 0.516. The van der Waals surface area contributed by atoms with Crippen LogP contribution in [0, 0.1) is 15.5 Å². The Morgan fingerprint density at radius 3 is 2.91 bits per heavy atom. The van der Waals surface area contributed by atoms with E-state index in [0.717, 1.165) is 0 Å². The number of fused-ring (bicyclic) bond motifs is 2. The Bertz CT molecular complexity index is 647. The van der Waals surface area contributed by atoms with E-state index in [1.54, 1.807) is 31.2 Å². The highest BCUT2D eigenvalue weighted by Gasteiger charge is 2.70. The van der Waals surface area contributed by atoms with Crippen LogP contribution in [0.4, 0.5) is 0 Å². The largest absolute Gasteiger partial charge is 0.465 e. The number of hydrogen-bond donors (Lipinski definition) is 1. The minimum absolute atomic E-state index is 0.142. The predicted molar refractivity (Wildman–Crippen MR) is 79.5 cm³/mol. The van der Waals surface area contributed by atoms with Gasteiger partial charge in [-0.25, -0.2) is 0 Å². The minimum atomic E-state index is -1.77. The molecule has 1 aromatic rings. The maximum atomic E-state index is 12.7. The minimum Gasteiger partial charge on any atom is -0.465 e. The number of nitro groups is 1. The van der Waals surface area contributed by atoms with Gasteiger partial charge in [0.2, 0.25) is 12.3 Å². The summed E-state index contributed by atoms with van der Waals surface area (Å²) in [6, 6.07) is 6.85. The SMILES string of the molecule is CCOC(=O)[C@]12CCC[C@]1(O)Oc1ccccc1[C@H]2C[N+](=O)[O-]. The van der Waals surface area contributed by atoms with Crippen molar-refractivity contribution in [2.75, 3.05) is 13.2 Å². The highest BCUT2D eigenvalue weighted by molar-refractivity contribution is 5.81. The van der Waals surface area contributed by atoms with Crippen molar-refractivity contribution in [2.45, 2.75) is 37.9 Å². The average molecular weight is 321 g/mol. The van der Waals surface area contributed by atoms with Gasteiger partial charge in [0.25, 0.3) is 0 Å².